The van der Waals surface area contributed by atoms with Gasteiger partial charge < -0.3 is 5.32 Å². The van der Waals surface area contributed by atoms with Crippen LogP contribution in [0.15, 0.2) is 29.2 Å². The standard InChI is InChI=1S/C11H14FNO3S/c1-8(2)13-11(14)7-17(15,16)10-6-4-3-5-9(10)12/h3-6,8H,7H2,1-2H3,(H,13,14). The summed E-state index contributed by atoms with van der Waals surface area (Å²) in [6.07, 6.45) is 0. The lowest BCUT2D eigenvalue weighted by Gasteiger charge is -2.09. The lowest BCUT2D eigenvalue weighted by atomic mass is 10.3. The van der Waals surface area contributed by atoms with Crippen LogP contribution in [0, 0.1) is 5.82 Å². The summed E-state index contributed by atoms with van der Waals surface area (Å²) in [7, 11) is -3.92. The summed E-state index contributed by atoms with van der Waals surface area (Å²) in [6, 6.07) is 4.85. The van der Waals surface area contributed by atoms with Crippen LogP contribution in [-0.2, 0) is 14.6 Å². The number of rotatable bonds is 4. The monoisotopic (exact) mass is 259 g/mol. The number of amides is 1. The molecule has 1 N–H and O–H groups in total. The summed E-state index contributed by atoms with van der Waals surface area (Å²) >= 11 is 0. The van der Waals surface area contributed by atoms with E-state index in [0.717, 1.165) is 12.1 Å². The number of hydrogen-bond acceptors (Lipinski definition) is 3. The Morgan fingerprint density at radius 2 is 1.94 bits per heavy atom. The van der Waals surface area contributed by atoms with Crippen molar-refractivity contribution in [1.82, 2.24) is 5.32 Å². The van der Waals surface area contributed by atoms with Gasteiger partial charge in [-0.2, -0.15) is 0 Å². The fraction of sp³-hybridized carbons (Fsp3) is 0.364. The van der Waals surface area contributed by atoms with Gasteiger partial charge in [0.1, 0.15) is 16.5 Å². The highest BCUT2D eigenvalue weighted by molar-refractivity contribution is 7.92. The minimum absolute atomic E-state index is 0.154. The van der Waals surface area contributed by atoms with Crippen LogP contribution in [0.5, 0.6) is 0 Å². The third-order valence-electron chi connectivity index (χ3n) is 1.94. The van der Waals surface area contributed by atoms with Crippen molar-refractivity contribution in [2.75, 3.05) is 5.75 Å². The first-order valence-corrected chi connectivity index (χ1v) is 6.75. The molecule has 0 bridgehead atoms. The van der Waals surface area contributed by atoms with Gasteiger partial charge in [-0.05, 0) is 26.0 Å². The van der Waals surface area contributed by atoms with Crippen LogP contribution >= 0.6 is 0 Å². The van der Waals surface area contributed by atoms with E-state index in [4.69, 9.17) is 0 Å². The second-order valence-corrected chi connectivity index (χ2v) is 5.87. The molecule has 94 valence electrons. The highest BCUT2D eigenvalue weighted by Gasteiger charge is 2.22. The highest BCUT2D eigenvalue weighted by atomic mass is 32.2. The molecule has 1 aromatic rings. The third-order valence-corrected chi connectivity index (χ3v) is 3.59. The Morgan fingerprint density at radius 1 is 1.35 bits per heavy atom. The fourth-order valence-electron chi connectivity index (χ4n) is 1.31. The highest BCUT2D eigenvalue weighted by Crippen LogP contribution is 2.14. The van der Waals surface area contributed by atoms with Crippen molar-refractivity contribution in [3.63, 3.8) is 0 Å². The molecule has 17 heavy (non-hydrogen) atoms. The summed E-state index contributed by atoms with van der Waals surface area (Å²) in [4.78, 5) is 10.9. The quantitative estimate of drug-likeness (QED) is 0.881. The van der Waals surface area contributed by atoms with Gasteiger partial charge in [-0.3, -0.25) is 4.79 Å². The second-order valence-electron chi connectivity index (χ2n) is 3.91. The number of nitrogens with one attached hydrogen (secondary N) is 1. The molecule has 1 amide bonds. The number of carbonyl (C=O) groups is 1. The SMILES string of the molecule is CC(C)NC(=O)CS(=O)(=O)c1ccccc1F. The average Bonchev–Trinajstić information content (AvgIpc) is 2.15. The summed E-state index contributed by atoms with van der Waals surface area (Å²) in [6.45, 7) is 3.43. The smallest absolute Gasteiger partial charge is 0.235 e. The van der Waals surface area contributed by atoms with Crippen molar-refractivity contribution in [1.29, 1.82) is 0 Å². The number of halogens is 1. The zero-order valence-electron chi connectivity index (χ0n) is 9.60. The van der Waals surface area contributed by atoms with Crippen LogP contribution < -0.4 is 5.32 Å². The lowest BCUT2D eigenvalue weighted by molar-refractivity contribution is -0.119. The van der Waals surface area contributed by atoms with Crippen LogP contribution in [-0.4, -0.2) is 26.1 Å². The first kappa shape index (κ1) is 13.6. The molecule has 0 atom stereocenters. The Kier molecular flexibility index (Phi) is 4.22. The van der Waals surface area contributed by atoms with E-state index in [9.17, 15) is 17.6 Å². The van der Waals surface area contributed by atoms with E-state index in [-0.39, 0.29) is 6.04 Å². The first-order chi connectivity index (χ1) is 7.83. The van der Waals surface area contributed by atoms with Gasteiger partial charge in [0.25, 0.3) is 0 Å². The topological polar surface area (TPSA) is 63.2 Å². The summed E-state index contributed by atoms with van der Waals surface area (Å²) in [5.74, 6) is -2.22. The van der Waals surface area contributed by atoms with Crippen molar-refractivity contribution >= 4 is 15.7 Å². The molecular formula is C11H14FNO3S. The Hall–Kier alpha value is -1.43. The molecule has 1 aromatic carbocycles. The fourth-order valence-corrected chi connectivity index (χ4v) is 2.55. The maximum Gasteiger partial charge on any atom is 0.235 e. The molecule has 0 aliphatic rings. The van der Waals surface area contributed by atoms with Gasteiger partial charge in [-0.15, -0.1) is 0 Å². The van der Waals surface area contributed by atoms with Gasteiger partial charge in [-0.25, -0.2) is 12.8 Å². The minimum Gasteiger partial charge on any atom is -0.353 e. The summed E-state index contributed by atoms with van der Waals surface area (Å²) in [5.41, 5.74) is 0. The normalized spacial score (nSPS) is 11.5. The molecule has 0 fully saturated rings. The van der Waals surface area contributed by atoms with E-state index in [1.807, 2.05) is 0 Å². The molecule has 0 heterocycles. The maximum atomic E-state index is 13.3. The molecule has 4 nitrogen and oxygen atoms in total. The second kappa shape index (κ2) is 5.27. The predicted octanol–water partition coefficient (Wildman–Crippen LogP) is 1.12. The van der Waals surface area contributed by atoms with Gasteiger partial charge >= 0.3 is 0 Å². The number of benzene rings is 1. The molecule has 0 unspecified atom stereocenters. The maximum absolute atomic E-state index is 13.3. The lowest BCUT2D eigenvalue weighted by Crippen LogP contribution is -2.35. The van der Waals surface area contributed by atoms with Gasteiger partial charge in [0.05, 0.1) is 0 Å². The van der Waals surface area contributed by atoms with E-state index >= 15 is 0 Å². The van der Waals surface area contributed by atoms with Crippen molar-refractivity contribution in [2.24, 2.45) is 0 Å². The average molecular weight is 259 g/mol. The van der Waals surface area contributed by atoms with E-state index in [1.165, 1.54) is 12.1 Å². The molecular weight excluding hydrogens is 245 g/mol. The van der Waals surface area contributed by atoms with Crippen molar-refractivity contribution in [3.05, 3.63) is 30.1 Å². The molecule has 0 radical (unpaired) electrons. The van der Waals surface area contributed by atoms with Crippen LogP contribution in [0.1, 0.15) is 13.8 Å². The van der Waals surface area contributed by atoms with Gasteiger partial charge in [0, 0.05) is 6.04 Å². The first-order valence-electron chi connectivity index (χ1n) is 5.09. The van der Waals surface area contributed by atoms with Crippen molar-refractivity contribution < 1.29 is 17.6 Å². The summed E-state index contributed by atoms with van der Waals surface area (Å²) in [5, 5.41) is 2.45. The molecule has 0 saturated heterocycles. The number of sulfone groups is 1. The third kappa shape index (κ3) is 3.81. The number of hydrogen-bond donors (Lipinski definition) is 1. The molecule has 0 aliphatic carbocycles. The van der Waals surface area contributed by atoms with E-state index < -0.39 is 32.2 Å². The summed E-state index contributed by atoms with van der Waals surface area (Å²) < 4.78 is 36.8. The molecule has 6 heteroatoms. The zero-order valence-corrected chi connectivity index (χ0v) is 10.4. The van der Waals surface area contributed by atoms with Crippen molar-refractivity contribution in [3.8, 4) is 0 Å². The molecule has 0 saturated carbocycles. The Labute approximate surface area is 99.8 Å². The molecule has 0 spiro atoms. The Bertz CT molecular complexity index is 511. The van der Waals surface area contributed by atoms with Crippen molar-refractivity contribution in [2.45, 2.75) is 24.8 Å². The minimum atomic E-state index is -3.92. The molecule has 0 aromatic heterocycles. The van der Waals surface area contributed by atoms with Crippen LogP contribution in [0.25, 0.3) is 0 Å². The van der Waals surface area contributed by atoms with E-state index in [2.05, 4.69) is 5.32 Å². The van der Waals surface area contributed by atoms with Crippen LogP contribution in [0.4, 0.5) is 4.39 Å². The zero-order chi connectivity index (χ0) is 13.1. The van der Waals surface area contributed by atoms with E-state index in [0.29, 0.717) is 0 Å². The van der Waals surface area contributed by atoms with Gasteiger partial charge in [0.15, 0.2) is 9.84 Å². The van der Waals surface area contributed by atoms with E-state index in [1.54, 1.807) is 13.8 Å². The largest absolute Gasteiger partial charge is 0.353 e. The predicted molar refractivity (Wildman–Crippen MR) is 61.7 cm³/mol. The Balaban J connectivity index is 2.91. The number of carbonyl (C=O) groups excluding carboxylic acids is 1. The molecule has 1 rings (SSSR count). The van der Waals surface area contributed by atoms with Crippen LogP contribution in [0.2, 0.25) is 0 Å². The van der Waals surface area contributed by atoms with Gasteiger partial charge in [0.2, 0.25) is 5.91 Å². The van der Waals surface area contributed by atoms with Crippen LogP contribution in [0.3, 0.4) is 0 Å². The Morgan fingerprint density at radius 3 is 2.47 bits per heavy atom. The molecule has 0 aliphatic heterocycles. The van der Waals surface area contributed by atoms with Gasteiger partial charge in [-0.1, -0.05) is 12.1 Å².